The van der Waals surface area contributed by atoms with E-state index in [-0.39, 0.29) is 0 Å². The van der Waals surface area contributed by atoms with Crippen molar-refractivity contribution in [3.63, 3.8) is 0 Å². The largest absolute Gasteiger partial charge is 0.309 e. The summed E-state index contributed by atoms with van der Waals surface area (Å²) in [7, 11) is 0. The second kappa shape index (κ2) is 13.1. The number of hydrogen-bond acceptors (Lipinski definition) is 2. The second-order valence-corrected chi connectivity index (χ2v) is 15.8. The number of hydrogen-bond donors (Lipinski definition) is 0. The quantitative estimate of drug-likeness (QED) is 0.175. The number of aromatic nitrogens is 5. The predicted molar refractivity (Wildman–Crippen MR) is 253 cm³/mol. The lowest BCUT2D eigenvalue weighted by atomic mass is 10.0. The number of nitrogens with zero attached hydrogens (tertiary/aromatic N) is 5. The topological polar surface area (TPSA) is 40.6 Å². The fourth-order valence-corrected chi connectivity index (χ4v) is 9.72. The van der Waals surface area contributed by atoms with Crippen molar-refractivity contribution in [2.45, 2.75) is 0 Å². The van der Waals surface area contributed by atoms with Crippen molar-refractivity contribution in [1.29, 1.82) is 0 Å². The van der Waals surface area contributed by atoms with Gasteiger partial charge in [0, 0.05) is 60.5 Å². The van der Waals surface area contributed by atoms with Crippen LogP contribution in [0, 0.1) is 0 Å². The Morgan fingerprint density at radius 1 is 0.246 bits per heavy atom. The average Bonchev–Trinajstić information content (AvgIpc) is 3.97. The van der Waals surface area contributed by atoms with E-state index in [9.17, 15) is 0 Å². The minimum atomic E-state index is 0.838. The molecule has 284 valence electrons. The Balaban J connectivity index is 0.991. The molecule has 0 N–H and O–H groups in total. The number of para-hydroxylation sites is 6. The fourth-order valence-electron chi connectivity index (χ4n) is 9.72. The van der Waals surface area contributed by atoms with E-state index in [2.05, 4.69) is 226 Å². The van der Waals surface area contributed by atoms with Crippen LogP contribution in [0.5, 0.6) is 0 Å². The van der Waals surface area contributed by atoms with Gasteiger partial charge in [-0.3, -0.25) is 0 Å². The molecule has 4 aromatic heterocycles. The van der Waals surface area contributed by atoms with Crippen LogP contribution in [0.1, 0.15) is 0 Å². The SMILES string of the molecule is c1ccc2c(c1)c1ccccc1n2-c1ccc(-c2nc3ccc(-n4c5ccccc5c5ccccc54)cc3nc2-c2ccc(-n3c4ccccc4c4ccccc43)cc2)cc1. The molecule has 13 rings (SSSR count). The van der Waals surface area contributed by atoms with E-state index in [1.54, 1.807) is 0 Å². The van der Waals surface area contributed by atoms with E-state index in [0.717, 1.165) is 61.6 Å². The van der Waals surface area contributed by atoms with Gasteiger partial charge >= 0.3 is 0 Å². The molecule has 0 amide bonds. The highest BCUT2D eigenvalue weighted by molar-refractivity contribution is 6.11. The molecule has 0 unspecified atom stereocenters. The normalized spacial score (nSPS) is 11.9. The maximum atomic E-state index is 5.51. The van der Waals surface area contributed by atoms with Crippen molar-refractivity contribution in [1.82, 2.24) is 23.7 Å². The van der Waals surface area contributed by atoms with E-state index in [1.807, 2.05) is 0 Å². The molecule has 5 nitrogen and oxygen atoms in total. The van der Waals surface area contributed by atoms with Gasteiger partial charge in [-0.05, 0) is 78.9 Å². The fraction of sp³-hybridized carbons (Fsp3) is 0. The van der Waals surface area contributed by atoms with Crippen LogP contribution in [0.3, 0.4) is 0 Å². The standard InChI is InChI=1S/C56H35N5/c1-7-19-49-41(13-1)42-14-2-8-20-50(42)59(49)38-29-25-36(26-30-38)55-56(37-27-31-39(32-28-37)60-51-21-9-3-15-43(51)44-16-4-10-22-52(44)60)58-48-35-40(33-34-47(48)57-55)61-53-23-11-5-17-45(53)46-18-6-12-24-54(46)61/h1-35H. The highest BCUT2D eigenvalue weighted by Crippen LogP contribution is 2.38. The van der Waals surface area contributed by atoms with Gasteiger partial charge in [-0.1, -0.05) is 133 Å². The first-order valence-corrected chi connectivity index (χ1v) is 20.8. The highest BCUT2D eigenvalue weighted by atomic mass is 15.0. The van der Waals surface area contributed by atoms with Gasteiger partial charge < -0.3 is 13.7 Å². The van der Waals surface area contributed by atoms with Crippen molar-refractivity contribution in [2.75, 3.05) is 0 Å². The molecule has 9 aromatic carbocycles. The van der Waals surface area contributed by atoms with Crippen molar-refractivity contribution in [3.05, 3.63) is 212 Å². The summed E-state index contributed by atoms with van der Waals surface area (Å²) < 4.78 is 7.05. The van der Waals surface area contributed by atoms with Crippen LogP contribution in [0.15, 0.2) is 212 Å². The number of rotatable bonds is 5. The van der Waals surface area contributed by atoms with Crippen molar-refractivity contribution in [3.8, 4) is 39.6 Å². The Hall–Kier alpha value is -8.28. The molecular formula is C56H35N5. The molecule has 0 aliphatic rings. The van der Waals surface area contributed by atoms with Gasteiger partial charge in [-0.15, -0.1) is 0 Å². The molecule has 0 aliphatic carbocycles. The molecule has 0 saturated heterocycles. The van der Waals surface area contributed by atoms with Crippen molar-refractivity contribution < 1.29 is 0 Å². The Bertz CT molecular complexity index is 3710. The molecule has 0 spiro atoms. The molecule has 61 heavy (non-hydrogen) atoms. The highest BCUT2D eigenvalue weighted by Gasteiger charge is 2.19. The molecule has 0 radical (unpaired) electrons. The zero-order valence-electron chi connectivity index (χ0n) is 32.9. The third-order valence-electron chi connectivity index (χ3n) is 12.4. The number of fused-ring (bicyclic) bond motifs is 10. The van der Waals surface area contributed by atoms with Crippen molar-refractivity contribution in [2.24, 2.45) is 0 Å². The molecule has 0 saturated carbocycles. The monoisotopic (exact) mass is 777 g/mol. The Morgan fingerprint density at radius 3 is 0.869 bits per heavy atom. The van der Waals surface area contributed by atoms with E-state index < -0.39 is 0 Å². The van der Waals surface area contributed by atoms with Crippen LogP contribution in [0.25, 0.3) is 116 Å². The predicted octanol–water partition coefficient (Wildman–Crippen LogP) is 14.3. The Kier molecular flexibility index (Phi) is 7.24. The van der Waals surface area contributed by atoms with Gasteiger partial charge in [0.05, 0.1) is 55.5 Å². The van der Waals surface area contributed by atoms with Crippen LogP contribution < -0.4 is 0 Å². The van der Waals surface area contributed by atoms with Gasteiger partial charge in [0.1, 0.15) is 0 Å². The lowest BCUT2D eigenvalue weighted by molar-refractivity contribution is 1.17. The zero-order chi connectivity index (χ0) is 40.0. The summed E-state index contributed by atoms with van der Waals surface area (Å²) in [5, 5.41) is 7.44. The van der Waals surface area contributed by atoms with Crippen LogP contribution in [-0.4, -0.2) is 23.7 Å². The van der Waals surface area contributed by atoms with Gasteiger partial charge in [0.25, 0.3) is 0 Å². The summed E-state index contributed by atoms with van der Waals surface area (Å²) in [5.74, 6) is 0. The Morgan fingerprint density at radius 2 is 0.525 bits per heavy atom. The first-order valence-electron chi connectivity index (χ1n) is 20.8. The molecule has 4 heterocycles. The van der Waals surface area contributed by atoms with Crippen LogP contribution in [0.2, 0.25) is 0 Å². The molecule has 0 fully saturated rings. The second-order valence-electron chi connectivity index (χ2n) is 15.8. The summed E-state index contributed by atoms with van der Waals surface area (Å²) in [5.41, 5.74) is 15.7. The summed E-state index contributed by atoms with van der Waals surface area (Å²) in [6, 6.07) is 75.9. The summed E-state index contributed by atoms with van der Waals surface area (Å²) >= 11 is 0. The molecule has 5 heteroatoms. The first-order chi connectivity index (χ1) is 30.3. The molecule has 13 aromatic rings. The van der Waals surface area contributed by atoms with Crippen LogP contribution in [-0.2, 0) is 0 Å². The van der Waals surface area contributed by atoms with Gasteiger partial charge in [-0.25, -0.2) is 9.97 Å². The zero-order valence-corrected chi connectivity index (χ0v) is 32.9. The van der Waals surface area contributed by atoms with Gasteiger partial charge in [0.2, 0.25) is 0 Å². The van der Waals surface area contributed by atoms with Crippen molar-refractivity contribution >= 4 is 76.5 Å². The molecule has 0 aliphatic heterocycles. The lowest BCUT2D eigenvalue weighted by Crippen LogP contribution is -1.99. The molecule has 0 bridgehead atoms. The van der Waals surface area contributed by atoms with Gasteiger partial charge in [0.15, 0.2) is 0 Å². The average molecular weight is 778 g/mol. The summed E-state index contributed by atoms with van der Waals surface area (Å²) in [4.78, 5) is 10.9. The van der Waals surface area contributed by atoms with Crippen LogP contribution in [0.4, 0.5) is 0 Å². The Labute approximate surface area is 350 Å². The van der Waals surface area contributed by atoms with E-state index in [0.29, 0.717) is 0 Å². The van der Waals surface area contributed by atoms with E-state index in [4.69, 9.17) is 9.97 Å². The minimum absolute atomic E-state index is 0.838. The third-order valence-corrected chi connectivity index (χ3v) is 12.4. The third kappa shape index (κ3) is 5.08. The maximum absolute atomic E-state index is 5.51. The van der Waals surface area contributed by atoms with Crippen LogP contribution >= 0.6 is 0 Å². The number of benzene rings is 9. The lowest BCUT2D eigenvalue weighted by Gasteiger charge is -2.14. The van der Waals surface area contributed by atoms with Gasteiger partial charge in [-0.2, -0.15) is 0 Å². The smallest absolute Gasteiger partial charge is 0.0973 e. The summed E-state index contributed by atoms with van der Waals surface area (Å²) in [6.45, 7) is 0. The van der Waals surface area contributed by atoms with E-state index in [1.165, 1.54) is 54.4 Å². The maximum Gasteiger partial charge on any atom is 0.0973 e. The molecule has 0 atom stereocenters. The summed E-state index contributed by atoms with van der Waals surface area (Å²) in [6.07, 6.45) is 0. The molecular weight excluding hydrogens is 743 g/mol. The minimum Gasteiger partial charge on any atom is -0.309 e. The van der Waals surface area contributed by atoms with E-state index >= 15 is 0 Å². The first kappa shape index (κ1) is 33.7.